The highest BCUT2D eigenvalue weighted by molar-refractivity contribution is 5.61. The largest absolute Gasteiger partial charge is 0.478 e. The molecule has 144 valence electrons. The van der Waals surface area contributed by atoms with Crippen LogP contribution >= 0.6 is 0 Å². The Kier molecular flexibility index (Phi) is 7.60. The van der Waals surface area contributed by atoms with Gasteiger partial charge in [-0.1, -0.05) is 16.0 Å². The number of rotatable bonds is 6. The molecule has 0 aromatic carbocycles. The molecule has 9 nitrogen and oxygen atoms in total. The van der Waals surface area contributed by atoms with Gasteiger partial charge >= 0.3 is 5.95 Å². The third kappa shape index (κ3) is 5.70. The van der Waals surface area contributed by atoms with Gasteiger partial charge in [-0.3, -0.25) is 4.79 Å². The van der Waals surface area contributed by atoms with Gasteiger partial charge in [0.15, 0.2) is 5.69 Å². The highest BCUT2D eigenvalue weighted by Crippen LogP contribution is 2.26. The summed E-state index contributed by atoms with van der Waals surface area (Å²) >= 11 is 0. The van der Waals surface area contributed by atoms with E-state index in [0.717, 1.165) is 31.7 Å². The summed E-state index contributed by atoms with van der Waals surface area (Å²) in [7, 11) is 2.71. The monoisotopic (exact) mass is 374 g/mol. The number of nitrogens with zero attached hydrogens (tertiary/aromatic N) is 5. The van der Waals surface area contributed by atoms with Crippen molar-refractivity contribution in [3.05, 3.63) is 29.2 Å². The topological polar surface area (TPSA) is 97.5 Å². The van der Waals surface area contributed by atoms with Crippen LogP contribution < -0.4 is 9.64 Å². The van der Waals surface area contributed by atoms with Gasteiger partial charge in [-0.2, -0.15) is 0 Å². The van der Waals surface area contributed by atoms with E-state index in [1.165, 1.54) is 14.2 Å². The smallest absolute Gasteiger partial charge is 0.471 e. The molecule has 27 heavy (non-hydrogen) atoms. The number of hydrogen-bond acceptors (Lipinski definition) is 8. The van der Waals surface area contributed by atoms with E-state index in [0.29, 0.717) is 35.1 Å². The number of methoxy groups -OCH3 is 1. The van der Waals surface area contributed by atoms with Crippen molar-refractivity contribution in [2.24, 2.45) is 0 Å². The van der Waals surface area contributed by atoms with Crippen LogP contribution in [0.4, 0.5) is 11.8 Å². The molecule has 0 N–H and O–H groups in total. The number of carbonyl (C=O) groups excluding carboxylic acids is 1. The highest BCUT2D eigenvalue weighted by Gasteiger charge is 2.24. The zero-order chi connectivity index (χ0) is 19.6. The van der Waals surface area contributed by atoms with E-state index in [1.807, 2.05) is 25.1 Å². The lowest BCUT2D eigenvalue weighted by Gasteiger charge is -2.13. The number of nitroso groups, excluding NO2 is 1. The van der Waals surface area contributed by atoms with Gasteiger partial charge in [-0.05, 0) is 35.6 Å². The van der Waals surface area contributed by atoms with E-state index >= 15 is 0 Å². The molecule has 1 fully saturated rings. The van der Waals surface area contributed by atoms with Gasteiger partial charge in [0.1, 0.15) is 12.7 Å². The summed E-state index contributed by atoms with van der Waals surface area (Å²) in [5, 5.41) is 0. The molecule has 0 atom stereocenters. The average molecular weight is 374 g/mol. The van der Waals surface area contributed by atoms with E-state index in [2.05, 4.69) is 24.6 Å². The molecule has 1 aliphatic rings. The Morgan fingerprint density at radius 3 is 2.48 bits per heavy atom. The van der Waals surface area contributed by atoms with E-state index in [1.54, 1.807) is 6.07 Å². The van der Waals surface area contributed by atoms with Crippen LogP contribution in [0.25, 0.3) is 11.4 Å². The molecule has 0 saturated carbocycles. The lowest BCUT2D eigenvalue weighted by Crippen LogP contribution is -2.20. The average Bonchev–Trinajstić information content (AvgIpc) is 3.23. The van der Waals surface area contributed by atoms with Gasteiger partial charge in [0.25, 0.3) is 6.47 Å². The zero-order valence-corrected chi connectivity index (χ0v) is 15.8. The van der Waals surface area contributed by atoms with Crippen molar-refractivity contribution in [1.29, 1.82) is 0 Å². The van der Waals surface area contributed by atoms with Crippen molar-refractivity contribution in [2.75, 3.05) is 38.8 Å². The maximum Gasteiger partial charge on any atom is 0.471 e. The highest BCUT2D eigenvalue weighted by atomic mass is 16.5. The summed E-state index contributed by atoms with van der Waals surface area (Å²) in [6.45, 7) is 4.73. The van der Waals surface area contributed by atoms with Crippen molar-refractivity contribution in [3.8, 4) is 17.3 Å². The predicted molar refractivity (Wildman–Crippen MR) is 100 cm³/mol. The van der Waals surface area contributed by atoms with Crippen molar-refractivity contribution in [2.45, 2.75) is 19.8 Å². The van der Waals surface area contributed by atoms with Crippen LogP contribution in [0.5, 0.6) is 5.88 Å². The van der Waals surface area contributed by atoms with Crippen molar-refractivity contribution < 1.29 is 19.0 Å². The summed E-state index contributed by atoms with van der Waals surface area (Å²) in [5.74, 6) is 1.46. The van der Waals surface area contributed by atoms with Gasteiger partial charge < -0.3 is 14.4 Å². The molecule has 2 aromatic rings. The van der Waals surface area contributed by atoms with E-state index in [4.69, 9.17) is 9.53 Å². The van der Waals surface area contributed by atoms with E-state index < -0.39 is 0 Å². The molecule has 3 heterocycles. The first-order chi connectivity index (χ1) is 13.1. The summed E-state index contributed by atoms with van der Waals surface area (Å²) in [5.41, 5.74) is 1.29. The molecule has 1 saturated heterocycles. The molecule has 9 heteroatoms. The lowest BCUT2D eigenvalue weighted by atomic mass is 10.2. The Bertz CT molecular complexity index is 778. The molecule has 2 aromatic heterocycles. The third-order valence-corrected chi connectivity index (χ3v) is 3.79. The SMILES string of the molecule is CCOc1cccc(-c2cc(N3CCCC3)nc([N+](C)=O)n2)n1.COC=O. The Hall–Kier alpha value is -3.10. The molecular weight excluding hydrogens is 350 g/mol. The molecule has 0 bridgehead atoms. The van der Waals surface area contributed by atoms with Crippen LogP contribution in [-0.4, -0.2) is 60.0 Å². The number of hydrogen-bond donors (Lipinski definition) is 0. The quantitative estimate of drug-likeness (QED) is 0.561. The molecule has 0 radical (unpaired) electrons. The van der Waals surface area contributed by atoms with Crippen molar-refractivity contribution in [1.82, 2.24) is 15.0 Å². The minimum atomic E-state index is 0.146. The van der Waals surface area contributed by atoms with Crippen LogP contribution in [-0.2, 0) is 9.53 Å². The summed E-state index contributed by atoms with van der Waals surface area (Å²) in [6, 6.07) is 7.41. The Morgan fingerprint density at radius 1 is 1.19 bits per heavy atom. The van der Waals surface area contributed by atoms with Crippen molar-refractivity contribution >= 4 is 18.2 Å². The van der Waals surface area contributed by atoms with Crippen LogP contribution in [0.15, 0.2) is 24.3 Å². The van der Waals surface area contributed by atoms with E-state index in [9.17, 15) is 4.91 Å². The van der Waals surface area contributed by atoms with Gasteiger partial charge in [-0.25, -0.2) is 4.98 Å². The second-order valence-corrected chi connectivity index (χ2v) is 5.73. The standard InChI is InChI=1S/C16H20N5O2.C2H4O2/c1-3-23-15-8-6-7-12(17-15)13-11-14(21-9-4-5-10-21)19-16(18-13)20(2)22;1-4-2-3/h6-8,11H,3-5,9-10H2,1-2H3;2H,1H3/q+1;. The Morgan fingerprint density at radius 2 is 1.89 bits per heavy atom. The summed E-state index contributed by atoms with van der Waals surface area (Å²) in [6.07, 6.45) is 2.28. The van der Waals surface area contributed by atoms with Gasteiger partial charge in [0.2, 0.25) is 11.7 Å². The molecule has 3 rings (SSSR count). The van der Waals surface area contributed by atoms with Crippen molar-refractivity contribution in [3.63, 3.8) is 0 Å². The Balaban J connectivity index is 0.000000596. The normalized spacial score (nSPS) is 12.8. The molecule has 0 aliphatic carbocycles. The second-order valence-electron chi connectivity index (χ2n) is 5.73. The fraction of sp³-hybridized carbons (Fsp3) is 0.444. The minimum Gasteiger partial charge on any atom is -0.478 e. The molecule has 0 amide bonds. The van der Waals surface area contributed by atoms with Gasteiger partial charge in [-0.15, -0.1) is 0 Å². The minimum absolute atomic E-state index is 0.146. The third-order valence-electron chi connectivity index (χ3n) is 3.79. The molecule has 0 spiro atoms. The number of aromatic nitrogens is 3. The van der Waals surface area contributed by atoms with Crippen LogP contribution in [0.1, 0.15) is 19.8 Å². The maximum absolute atomic E-state index is 11.7. The molecule has 1 aliphatic heterocycles. The zero-order valence-electron chi connectivity index (χ0n) is 15.8. The maximum atomic E-state index is 11.7. The fourth-order valence-corrected chi connectivity index (χ4v) is 2.59. The predicted octanol–water partition coefficient (Wildman–Crippen LogP) is 2.37. The van der Waals surface area contributed by atoms with E-state index in [-0.39, 0.29) is 5.95 Å². The summed E-state index contributed by atoms with van der Waals surface area (Å²) < 4.78 is 9.98. The van der Waals surface area contributed by atoms with Gasteiger partial charge in [0, 0.05) is 25.2 Å². The first kappa shape index (κ1) is 20.2. The fourth-order valence-electron chi connectivity index (χ4n) is 2.59. The molecule has 0 unspecified atom stereocenters. The first-order valence-electron chi connectivity index (χ1n) is 8.70. The van der Waals surface area contributed by atoms with Crippen LogP contribution in [0.3, 0.4) is 0 Å². The molecular formula is C18H24N5O4+. The van der Waals surface area contributed by atoms with Crippen LogP contribution in [0, 0.1) is 4.91 Å². The Labute approximate surface area is 157 Å². The van der Waals surface area contributed by atoms with Crippen LogP contribution in [0.2, 0.25) is 0 Å². The first-order valence-corrected chi connectivity index (χ1v) is 8.70. The number of carbonyl (C=O) groups is 1. The number of anilines is 1. The van der Waals surface area contributed by atoms with Gasteiger partial charge in [0.05, 0.1) is 13.7 Å². The lowest BCUT2D eigenvalue weighted by molar-refractivity contribution is -0.436. The second kappa shape index (κ2) is 10.1. The number of ether oxygens (including phenoxy) is 2. The summed E-state index contributed by atoms with van der Waals surface area (Å²) in [4.78, 5) is 36.0. The number of pyridine rings is 1.